The molecule has 0 spiro atoms. The predicted molar refractivity (Wildman–Crippen MR) is 397 cm³/mol. The molecule has 0 N–H and O–H groups in total. The maximum absolute atomic E-state index is 5.85. The predicted octanol–water partition coefficient (Wildman–Crippen LogP) is 8.96. The van der Waals surface area contributed by atoms with Crippen molar-refractivity contribution in [3.63, 3.8) is 0 Å². The van der Waals surface area contributed by atoms with Gasteiger partial charge in [0.05, 0.1) is 355 Å². The first-order valence-electron chi connectivity index (χ1n) is 36.9. The zero-order chi connectivity index (χ0) is 74.3. The SMILES string of the molecule is c1cc2nc(c1)-c1cccc(n1)COCCOCCOCCOCCOCc1cccc(n1)-c1cccc(n1)COCCOCCOCCOCCOCc1cccc(n1)-c1cccc(n1)COCCOCCOCCOCCOCc1cccc(n1)-c1cccc(n1)COCCOCCOCCOCCOC2. The zero-order valence-electron chi connectivity index (χ0n) is 61.9. The molecule has 8 aromatic heterocycles. The highest BCUT2D eigenvalue weighted by Gasteiger charge is 2.12. The Balaban J connectivity index is 0.625. The highest BCUT2D eigenvalue weighted by atomic mass is 16.6. The van der Waals surface area contributed by atoms with Gasteiger partial charge in [-0.05, 0) is 97.1 Å². The summed E-state index contributed by atoms with van der Waals surface area (Å²) in [5.74, 6) is 0. The molecule has 0 unspecified atom stereocenters. The topological polar surface area (TPSA) is 288 Å². The van der Waals surface area contributed by atoms with E-state index in [1.165, 1.54) is 0 Å². The van der Waals surface area contributed by atoms with Crippen molar-refractivity contribution < 1.29 is 94.7 Å². The molecule has 1 aliphatic rings. The number of hydrogen-bond donors (Lipinski definition) is 0. The summed E-state index contributed by atoms with van der Waals surface area (Å²) in [6, 6.07) is 46.4. The van der Waals surface area contributed by atoms with Gasteiger partial charge >= 0.3 is 0 Å². The summed E-state index contributed by atoms with van der Waals surface area (Å²) in [5, 5.41) is 0. The largest absolute Gasteiger partial charge is 0.377 e. The Morgan fingerprint density at radius 3 is 0.315 bits per heavy atom. The molecule has 584 valence electrons. The molecule has 0 saturated carbocycles. The highest BCUT2D eigenvalue weighted by Crippen LogP contribution is 2.21. The fourth-order valence-corrected chi connectivity index (χ4v) is 10.1. The minimum Gasteiger partial charge on any atom is -0.377 e. The summed E-state index contributed by atoms with van der Waals surface area (Å²) in [5.41, 5.74) is 12.3. The number of hydrogen-bond acceptors (Lipinski definition) is 28. The van der Waals surface area contributed by atoms with Gasteiger partial charge in [-0.3, -0.25) is 0 Å². The van der Waals surface area contributed by atoms with Crippen molar-refractivity contribution in [3.05, 3.63) is 191 Å². The summed E-state index contributed by atoms with van der Waals surface area (Å²) in [6.07, 6.45) is 0. The third-order valence-electron chi connectivity index (χ3n) is 15.5. The van der Waals surface area contributed by atoms with Crippen molar-refractivity contribution in [2.24, 2.45) is 0 Å². The lowest BCUT2D eigenvalue weighted by Gasteiger charge is -2.10. The van der Waals surface area contributed by atoms with Crippen LogP contribution in [0.25, 0.3) is 45.6 Å². The van der Waals surface area contributed by atoms with Crippen molar-refractivity contribution in [3.8, 4) is 45.6 Å². The van der Waals surface area contributed by atoms with Crippen LogP contribution in [0.2, 0.25) is 0 Å². The van der Waals surface area contributed by atoms with Crippen molar-refractivity contribution in [1.82, 2.24) is 39.9 Å². The molecule has 0 aromatic carbocycles. The van der Waals surface area contributed by atoms with E-state index < -0.39 is 0 Å². The number of ether oxygens (including phenoxy) is 20. The molecule has 108 heavy (non-hydrogen) atoms. The summed E-state index contributed by atoms with van der Waals surface area (Å²) in [4.78, 5) is 38.2. The Morgan fingerprint density at radius 2 is 0.213 bits per heavy atom. The Morgan fingerprint density at radius 1 is 0.120 bits per heavy atom. The maximum Gasteiger partial charge on any atom is 0.0890 e. The molecule has 0 amide bonds. The van der Waals surface area contributed by atoms with E-state index in [9.17, 15) is 0 Å². The van der Waals surface area contributed by atoms with E-state index in [1.54, 1.807) is 0 Å². The number of pyridine rings is 8. The van der Waals surface area contributed by atoms with E-state index >= 15 is 0 Å². The molecule has 0 aliphatic carbocycles. The average Bonchev–Trinajstić information content (AvgIpc) is 0.870. The standard InChI is InChI=1S/C80H104N8O20/c1-9-65-57-101-49-41-93-33-25-89-26-35-95-43-51-103-59-67-11-3-19-75(83-67)76-20-5-13-69(85-76)61-105-53-45-97-37-29-91-30-39-99-47-55-107-63-71-15-7-23-79(87-71)80-24-8-16-72(88-80)64-108-56-48-100-40-32-92-31-38-98-46-54-106-62-70-14-6-22-78(86-70)77-21-4-12-68(84-77)60-104-52-44-96-36-28-90-27-34-94-42-50-102-58-66-10-2-18-74(82-66)73(17-1)81-65/h1-24H,25-64H2. The van der Waals surface area contributed by atoms with Crippen molar-refractivity contribution >= 4 is 0 Å². The van der Waals surface area contributed by atoms with Crippen LogP contribution < -0.4 is 0 Å². The second-order valence-electron chi connectivity index (χ2n) is 23.9. The van der Waals surface area contributed by atoms with Crippen LogP contribution in [-0.2, 0) is 148 Å². The number of rotatable bonds is 0. The number of fused-ring (bicyclic) bond motifs is 20. The van der Waals surface area contributed by atoms with Gasteiger partial charge in [0.15, 0.2) is 0 Å². The zero-order valence-corrected chi connectivity index (χ0v) is 61.9. The van der Waals surface area contributed by atoms with Gasteiger partial charge in [-0.1, -0.05) is 48.5 Å². The lowest BCUT2D eigenvalue weighted by Crippen LogP contribution is -2.13. The van der Waals surface area contributed by atoms with Crippen molar-refractivity contribution in [1.29, 1.82) is 0 Å². The molecule has 28 heteroatoms. The van der Waals surface area contributed by atoms with Gasteiger partial charge in [-0.2, -0.15) is 0 Å². The first kappa shape index (κ1) is 84.4. The molecule has 9 rings (SSSR count). The normalized spacial score (nSPS) is 18.4. The van der Waals surface area contributed by atoms with Gasteiger partial charge in [0.2, 0.25) is 0 Å². The van der Waals surface area contributed by atoms with Crippen LogP contribution in [0.3, 0.4) is 0 Å². The van der Waals surface area contributed by atoms with Crippen LogP contribution in [-0.4, -0.2) is 251 Å². The molecular formula is C80H104N8O20. The van der Waals surface area contributed by atoms with E-state index in [0.29, 0.717) is 264 Å². The number of nitrogens with zero attached hydrogens (tertiary/aromatic N) is 8. The maximum atomic E-state index is 5.85. The van der Waals surface area contributed by atoms with Gasteiger partial charge in [-0.15, -0.1) is 0 Å². The Hall–Kier alpha value is -7.60. The second kappa shape index (κ2) is 54.9. The molecule has 9 heterocycles. The molecule has 0 saturated heterocycles. The van der Waals surface area contributed by atoms with Gasteiger partial charge in [0.1, 0.15) is 0 Å². The Bertz CT molecular complexity index is 2970. The number of aromatic nitrogens is 8. The van der Waals surface area contributed by atoms with Crippen LogP contribution in [0.5, 0.6) is 0 Å². The molecule has 1 aliphatic heterocycles. The van der Waals surface area contributed by atoms with Crippen molar-refractivity contribution in [2.75, 3.05) is 211 Å². The van der Waals surface area contributed by atoms with E-state index in [4.69, 9.17) is 135 Å². The quantitative estimate of drug-likeness (QED) is 0.137. The Kier molecular flexibility index (Phi) is 42.9. The fourth-order valence-electron chi connectivity index (χ4n) is 10.1. The van der Waals surface area contributed by atoms with E-state index in [2.05, 4.69) is 0 Å². The summed E-state index contributed by atoms with van der Waals surface area (Å²) >= 11 is 0. The van der Waals surface area contributed by atoms with E-state index in [0.717, 1.165) is 91.1 Å². The van der Waals surface area contributed by atoms with Crippen LogP contribution in [0.15, 0.2) is 146 Å². The molecular weight excluding hydrogens is 1390 g/mol. The van der Waals surface area contributed by atoms with Crippen LogP contribution >= 0.6 is 0 Å². The van der Waals surface area contributed by atoms with E-state index in [-0.39, 0.29) is 0 Å². The van der Waals surface area contributed by atoms with Crippen LogP contribution in [0.1, 0.15) is 45.6 Å². The van der Waals surface area contributed by atoms with Crippen LogP contribution in [0, 0.1) is 0 Å². The lowest BCUT2D eigenvalue weighted by atomic mass is 10.2. The molecule has 28 nitrogen and oxygen atoms in total. The highest BCUT2D eigenvalue weighted by molar-refractivity contribution is 5.57. The lowest BCUT2D eigenvalue weighted by molar-refractivity contribution is -0.0142. The van der Waals surface area contributed by atoms with Gasteiger partial charge < -0.3 is 94.7 Å². The molecule has 0 radical (unpaired) electrons. The molecule has 0 fully saturated rings. The third kappa shape index (κ3) is 36.3. The van der Waals surface area contributed by atoms with Gasteiger partial charge in [0.25, 0.3) is 0 Å². The monoisotopic (exact) mass is 1500 g/mol. The molecule has 8 aromatic rings. The van der Waals surface area contributed by atoms with Crippen LogP contribution in [0.4, 0.5) is 0 Å². The minimum atomic E-state index is 0.341. The summed E-state index contributed by atoms with van der Waals surface area (Å²) in [7, 11) is 0. The Labute approximate surface area is 632 Å². The van der Waals surface area contributed by atoms with Gasteiger partial charge in [0, 0.05) is 0 Å². The second-order valence-corrected chi connectivity index (χ2v) is 23.9. The first-order valence-corrected chi connectivity index (χ1v) is 36.9. The minimum absolute atomic E-state index is 0.341. The first-order chi connectivity index (χ1) is 53.7. The van der Waals surface area contributed by atoms with E-state index in [1.807, 2.05) is 146 Å². The average molecular weight is 1500 g/mol. The summed E-state index contributed by atoms with van der Waals surface area (Å²) < 4.78 is 115. The molecule has 0 atom stereocenters. The smallest absolute Gasteiger partial charge is 0.0890 e. The summed E-state index contributed by atoms with van der Waals surface area (Å²) in [6.45, 7) is 16.5. The third-order valence-corrected chi connectivity index (χ3v) is 15.5. The fraction of sp³-hybridized carbons (Fsp3) is 0.500. The molecule has 16 bridgehead atoms. The van der Waals surface area contributed by atoms with Gasteiger partial charge in [-0.25, -0.2) is 39.9 Å². The van der Waals surface area contributed by atoms with Crippen molar-refractivity contribution in [2.45, 2.75) is 52.9 Å².